The lowest BCUT2D eigenvalue weighted by Crippen LogP contribution is -2.22. The third kappa shape index (κ3) is 2.79. The topological polar surface area (TPSA) is 12.0 Å². The molecule has 0 saturated carbocycles. The summed E-state index contributed by atoms with van der Waals surface area (Å²) in [5, 5.41) is 5.45. The Bertz CT molecular complexity index is 533. The normalized spacial score (nSPS) is 12.7. The first-order valence-electron chi connectivity index (χ1n) is 6.16. The van der Waals surface area contributed by atoms with E-state index in [0.717, 1.165) is 23.2 Å². The van der Waals surface area contributed by atoms with Crippen LogP contribution in [0.3, 0.4) is 0 Å². The van der Waals surface area contributed by atoms with Crippen LogP contribution < -0.4 is 5.32 Å². The van der Waals surface area contributed by atoms with Crippen LogP contribution in [0.5, 0.6) is 0 Å². The Balaban J connectivity index is 2.41. The summed E-state index contributed by atoms with van der Waals surface area (Å²) < 4.78 is 14.1. The van der Waals surface area contributed by atoms with Crippen molar-refractivity contribution in [3.05, 3.63) is 57.0 Å². The van der Waals surface area contributed by atoms with E-state index in [2.05, 4.69) is 23.7 Å². The summed E-state index contributed by atoms with van der Waals surface area (Å²) >= 11 is 1.70. The second kappa shape index (κ2) is 5.63. The molecule has 96 valence electrons. The van der Waals surface area contributed by atoms with E-state index in [1.807, 2.05) is 26.0 Å². The van der Waals surface area contributed by atoms with Gasteiger partial charge >= 0.3 is 0 Å². The van der Waals surface area contributed by atoms with Crippen LogP contribution in [0.4, 0.5) is 4.39 Å². The molecule has 2 aromatic rings. The van der Waals surface area contributed by atoms with Crippen LogP contribution in [0.25, 0.3) is 0 Å². The average Bonchev–Trinajstić information content (AvgIpc) is 2.73. The number of thiophene rings is 1. The molecule has 0 spiro atoms. The van der Waals surface area contributed by atoms with Gasteiger partial charge in [-0.05, 0) is 49.0 Å². The first-order valence-corrected chi connectivity index (χ1v) is 7.04. The SMILES string of the molecule is CCNC(c1csc(C)c1)c1ccc(C)cc1F. The highest BCUT2D eigenvalue weighted by atomic mass is 32.1. The van der Waals surface area contributed by atoms with Gasteiger partial charge in [-0.3, -0.25) is 0 Å². The number of nitrogens with one attached hydrogen (secondary N) is 1. The molecule has 18 heavy (non-hydrogen) atoms. The summed E-state index contributed by atoms with van der Waals surface area (Å²) in [6.45, 7) is 6.83. The maximum atomic E-state index is 14.1. The number of hydrogen-bond acceptors (Lipinski definition) is 2. The summed E-state index contributed by atoms with van der Waals surface area (Å²) in [6, 6.07) is 7.50. The summed E-state index contributed by atoms with van der Waals surface area (Å²) in [5.41, 5.74) is 2.82. The first-order chi connectivity index (χ1) is 8.61. The van der Waals surface area contributed by atoms with Crippen molar-refractivity contribution in [1.82, 2.24) is 5.32 Å². The van der Waals surface area contributed by atoms with Gasteiger partial charge in [0.05, 0.1) is 6.04 Å². The zero-order chi connectivity index (χ0) is 13.1. The third-order valence-corrected chi connectivity index (χ3v) is 3.84. The predicted octanol–water partition coefficient (Wildman–Crippen LogP) is 4.20. The Morgan fingerprint density at radius 3 is 2.61 bits per heavy atom. The Morgan fingerprint density at radius 2 is 2.06 bits per heavy atom. The molecule has 0 fully saturated rings. The van der Waals surface area contributed by atoms with E-state index in [0.29, 0.717) is 0 Å². The molecule has 1 aromatic carbocycles. The van der Waals surface area contributed by atoms with Crippen LogP contribution in [0.15, 0.2) is 29.6 Å². The van der Waals surface area contributed by atoms with Gasteiger partial charge in [0.25, 0.3) is 0 Å². The van der Waals surface area contributed by atoms with Crippen LogP contribution in [-0.2, 0) is 0 Å². The zero-order valence-electron chi connectivity index (χ0n) is 11.0. The minimum atomic E-state index is -0.134. The van der Waals surface area contributed by atoms with E-state index in [1.54, 1.807) is 17.4 Å². The molecule has 1 heterocycles. The van der Waals surface area contributed by atoms with Crippen LogP contribution >= 0.6 is 11.3 Å². The highest BCUT2D eigenvalue weighted by Crippen LogP contribution is 2.28. The van der Waals surface area contributed by atoms with E-state index < -0.39 is 0 Å². The van der Waals surface area contributed by atoms with Crippen LogP contribution in [0.1, 0.15) is 34.5 Å². The van der Waals surface area contributed by atoms with Gasteiger partial charge in [0.15, 0.2) is 0 Å². The molecular formula is C15H18FNS. The lowest BCUT2D eigenvalue weighted by Gasteiger charge is -2.18. The Kier molecular flexibility index (Phi) is 4.15. The van der Waals surface area contributed by atoms with E-state index in [4.69, 9.17) is 0 Å². The van der Waals surface area contributed by atoms with Gasteiger partial charge in [-0.25, -0.2) is 4.39 Å². The van der Waals surface area contributed by atoms with Gasteiger partial charge in [-0.15, -0.1) is 11.3 Å². The number of benzene rings is 1. The van der Waals surface area contributed by atoms with Gasteiger partial charge < -0.3 is 5.32 Å². The second-order valence-corrected chi connectivity index (χ2v) is 5.62. The Labute approximate surface area is 112 Å². The molecule has 0 aliphatic rings. The molecule has 1 N–H and O–H groups in total. The van der Waals surface area contributed by atoms with Crippen LogP contribution in [0, 0.1) is 19.7 Å². The zero-order valence-corrected chi connectivity index (χ0v) is 11.8. The molecule has 0 aliphatic heterocycles. The van der Waals surface area contributed by atoms with E-state index >= 15 is 0 Å². The van der Waals surface area contributed by atoms with Gasteiger partial charge in [-0.2, -0.15) is 0 Å². The number of aryl methyl sites for hydroxylation is 2. The monoisotopic (exact) mass is 263 g/mol. The quantitative estimate of drug-likeness (QED) is 0.871. The molecule has 1 atom stereocenters. The van der Waals surface area contributed by atoms with Crippen molar-refractivity contribution in [3.63, 3.8) is 0 Å². The predicted molar refractivity (Wildman–Crippen MR) is 75.7 cm³/mol. The van der Waals surface area contributed by atoms with Gasteiger partial charge in [0.2, 0.25) is 0 Å². The molecule has 0 bridgehead atoms. The molecule has 1 unspecified atom stereocenters. The maximum absolute atomic E-state index is 14.1. The minimum absolute atomic E-state index is 0.0550. The fourth-order valence-corrected chi connectivity index (χ4v) is 2.82. The number of halogens is 1. The summed E-state index contributed by atoms with van der Waals surface area (Å²) in [4.78, 5) is 1.25. The van der Waals surface area contributed by atoms with Crippen LogP contribution in [-0.4, -0.2) is 6.54 Å². The first kappa shape index (κ1) is 13.2. The van der Waals surface area contributed by atoms with Crippen LogP contribution in [0.2, 0.25) is 0 Å². The number of rotatable bonds is 4. The van der Waals surface area contributed by atoms with Gasteiger partial charge in [-0.1, -0.05) is 19.1 Å². The van der Waals surface area contributed by atoms with E-state index in [9.17, 15) is 4.39 Å². The van der Waals surface area contributed by atoms with Crippen molar-refractivity contribution in [1.29, 1.82) is 0 Å². The minimum Gasteiger partial charge on any atom is -0.306 e. The molecule has 3 heteroatoms. The van der Waals surface area contributed by atoms with Crippen molar-refractivity contribution in [2.75, 3.05) is 6.54 Å². The van der Waals surface area contributed by atoms with Crippen molar-refractivity contribution in [2.24, 2.45) is 0 Å². The fraction of sp³-hybridized carbons (Fsp3) is 0.333. The van der Waals surface area contributed by atoms with Crippen molar-refractivity contribution in [2.45, 2.75) is 26.8 Å². The van der Waals surface area contributed by atoms with Gasteiger partial charge in [0.1, 0.15) is 5.82 Å². The van der Waals surface area contributed by atoms with Crippen molar-refractivity contribution < 1.29 is 4.39 Å². The molecule has 0 saturated heterocycles. The lowest BCUT2D eigenvalue weighted by atomic mass is 9.99. The molecule has 1 aromatic heterocycles. The lowest BCUT2D eigenvalue weighted by molar-refractivity contribution is 0.559. The van der Waals surface area contributed by atoms with Gasteiger partial charge in [0, 0.05) is 10.4 Å². The summed E-state index contributed by atoms with van der Waals surface area (Å²) in [5.74, 6) is -0.134. The molecule has 0 amide bonds. The highest BCUT2D eigenvalue weighted by molar-refractivity contribution is 7.10. The Morgan fingerprint density at radius 1 is 1.28 bits per heavy atom. The average molecular weight is 263 g/mol. The number of hydrogen-bond donors (Lipinski definition) is 1. The molecular weight excluding hydrogens is 245 g/mol. The van der Waals surface area contributed by atoms with E-state index in [-0.39, 0.29) is 11.9 Å². The highest BCUT2D eigenvalue weighted by Gasteiger charge is 2.17. The van der Waals surface area contributed by atoms with Crippen molar-refractivity contribution >= 4 is 11.3 Å². The Hall–Kier alpha value is -1.19. The molecule has 2 rings (SSSR count). The fourth-order valence-electron chi connectivity index (χ4n) is 2.09. The molecule has 0 aliphatic carbocycles. The largest absolute Gasteiger partial charge is 0.306 e. The van der Waals surface area contributed by atoms with Crippen molar-refractivity contribution in [3.8, 4) is 0 Å². The molecule has 0 radical (unpaired) electrons. The van der Waals surface area contributed by atoms with E-state index in [1.165, 1.54) is 4.88 Å². The smallest absolute Gasteiger partial charge is 0.128 e. The summed E-state index contributed by atoms with van der Waals surface area (Å²) in [6.07, 6.45) is 0. The third-order valence-electron chi connectivity index (χ3n) is 2.96. The maximum Gasteiger partial charge on any atom is 0.128 e. The summed E-state index contributed by atoms with van der Waals surface area (Å²) in [7, 11) is 0. The second-order valence-electron chi connectivity index (χ2n) is 4.51. The molecule has 1 nitrogen and oxygen atoms in total. The standard InChI is InChI=1S/C15H18FNS/c1-4-17-15(12-8-11(3)18-9-12)13-6-5-10(2)7-14(13)16/h5-9,15,17H,4H2,1-3H3.